The predicted octanol–water partition coefficient (Wildman–Crippen LogP) is 5.84. The van der Waals surface area contributed by atoms with Gasteiger partial charge in [0.25, 0.3) is 0 Å². The number of nitrogens with one attached hydrogen (secondary N) is 1. The van der Waals surface area contributed by atoms with Crippen LogP contribution in [0.25, 0.3) is 0 Å². The molecule has 120 valence electrons. The molecule has 0 amide bonds. The SMILES string of the molecule is C[C@H](CC1=Nc2ccc(Cl)cc2C1)NCc1cc(Cl)cc(Cl)c1. The third kappa shape index (κ3) is 4.48. The first-order valence-electron chi connectivity index (χ1n) is 7.53. The minimum atomic E-state index is 0.316. The molecule has 3 rings (SSSR count). The van der Waals surface area contributed by atoms with Gasteiger partial charge in [-0.1, -0.05) is 34.8 Å². The van der Waals surface area contributed by atoms with Crippen molar-refractivity contribution >= 4 is 46.2 Å². The Bertz CT molecular complexity index is 736. The molecule has 1 heterocycles. The number of halogens is 3. The van der Waals surface area contributed by atoms with Crippen molar-refractivity contribution in [1.82, 2.24) is 5.32 Å². The van der Waals surface area contributed by atoms with Crippen molar-refractivity contribution in [1.29, 1.82) is 0 Å². The lowest BCUT2D eigenvalue weighted by Gasteiger charge is -2.14. The van der Waals surface area contributed by atoms with Gasteiger partial charge in [0.1, 0.15) is 0 Å². The van der Waals surface area contributed by atoms with Crippen LogP contribution in [0.3, 0.4) is 0 Å². The van der Waals surface area contributed by atoms with E-state index < -0.39 is 0 Å². The van der Waals surface area contributed by atoms with Crippen LogP contribution in [-0.2, 0) is 13.0 Å². The monoisotopic (exact) mass is 366 g/mol. The Morgan fingerprint density at radius 3 is 2.52 bits per heavy atom. The van der Waals surface area contributed by atoms with Gasteiger partial charge in [-0.15, -0.1) is 0 Å². The number of fused-ring (bicyclic) bond motifs is 1. The zero-order valence-electron chi connectivity index (χ0n) is 12.7. The molecule has 0 aromatic heterocycles. The van der Waals surface area contributed by atoms with Crippen molar-refractivity contribution in [2.24, 2.45) is 4.99 Å². The topological polar surface area (TPSA) is 24.4 Å². The molecule has 0 bridgehead atoms. The van der Waals surface area contributed by atoms with Crippen molar-refractivity contribution in [2.45, 2.75) is 32.4 Å². The van der Waals surface area contributed by atoms with Gasteiger partial charge in [-0.3, -0.25) is 4.99 Å². The molecule has 0 saturated carbocycles. The highest BCUT2D eigenvalue weighted by Crippen LogP contribution is 2.30. The number of hydrogen-bond donors (Lipinski definition) is 1. The molecule has 2 aromatic carbocycles. The smallest absolute Gasteiger partial charge is 0.0666 e. The van der Waals surface area contributed by atoms with Crippen molar-refractivity contribution in [3.63, 3.8) is 0 Å². The second-order valence-corrected chi connectivity index (χ2v) is 7.20. The summed E-state index contributed by atoms with van der Waals surface area (Å²) >= 11 is 18.1. The second-order valence-electron chi connectivity index (χ2n) is 5.89. The summed E-state index contributed by atoms with van der Waals surface area (Å²) in [7, 11) is 0. The quantitative estimate of drug-likeness (QED) is 0.705. The van der Waals surface area contributed by atoms with Crippen molar-refractivity contribution in [2.75, 3.05) is 0 Å². The Morgan fingerprint density at radius 2 is 1.78 bits per heavy atom. The Morgan fingerprint density at radius 1 is 1.04 bits per heavy atom. The molecule has 0 aliphatic carbocycles. The van der Waals surface area contributed by atoms with E-state index in [4.69, 9.17) is 39.8 Å². The summed E-state index contributed by atoms with van der Waals surface area (Å²) in [4.78, 5) is 4.69. The van der Waals surface area contributed by atoms with Gasteiger partial charge in [-0.2, -0.15) is 0 Å². The van der Waals surface area contributed by atoms with E-state index >= 15 is 0 Å². The van der Waals surface area contributed by atoms with Crippen molar-refractivity contribution in [3.8, 4) is 0 Å². The summed E-state index contributed by atoms with van der Waals surface area (Å²) in [6.45, 7) is 2.89. The van der Waals surface area contributed by atoms with Crippen LogP contribution in [0.5, 0.6) is 0 Å². The summed E-state index contributed by atoms with van der Waals surface area (Å²) in [5.41, 5.74) is 4.52. The molecule has 0 saturated heterocycles. The molecule has 2 nitrogen and oxygen atoms in total. The number of nitrogens with zero attached hydrogens (tertiary/aromatic N) is 1. The average molecular weight is 368 g/mol. The molecule has 23 heavy (non-hydrogen) atoms. The fourth-order valence-corrected chi connectivity index (χ4v) is 3.55. The maximum Gasteiger partial charge on any atom is 0.0666 e. The number of hydrogen-bond acceptors (Lipinski definition) is 2. The van der Waals surface area contributed by atoms with E-state index in [-0.39, 0.29) is 0 Å². The fraction of sp³-hybridized carbons (Fsp3) is 0.278. The molecule has 0 spiro atoms. The van der Waals surface area contributed by atoms with Crippen LogP contribution >= 0.6 is 34.8 Å². The first-order chi connectivity index (χ1) is 11.0. The number of rotatable bonds is 5. The van der Waals surface area contributed by atoms with Crippen molar-refractivity contribution < 1.29 is 0 Å². The van der Waals surface area contributed by atoms with Crippen LogP contribution in [0, 0.1) is 0 Å². The van der Waals surface area contributed by atoms with E-state index in [2.05, 4.69) is 12.2 Å². The highest BCUT2D eigenvalue weighted by Gasteiger charge is 2.16. The lowest BCUT2D eigenvalue weighted by atomic mass is 10.1. The van der Waals surface area contributed by atoms with Gasteiger partial charge in [-0.25, -0.2) is 0 Å². The van der Waals surface area contributed by atoms with Crippen LogP contribution in [0.1, 0.15) is 24.5 Å². The summed E-state index contributed by atoms with van der Waals surface area (Å²) in [5, 5.41) is 5.59. The molecule has 2 aromatic rings. The minimum Gasteiger partial charge on any atom is -0.310 e. The van der Waals surface area contributed by atoms with E-state index in [1.807, 2.05) is 30.3 Å². The van der Waals surface area contributed by atoms with Crippen LogP contribution < -0.4 is 5.32 Å². The maximum absolute atomic E-state index is 6.04. The normalized spacial score (nSPS) is 14.5. The summed E-state index contributed by atoms with van der Waals surface area (Å²) in [5.74, 6) is 0. The number of aliphatic imine (C=N–C) groups is 1. The van der Waals surface area contributed by atoms with Gasteiger partial charge in [-0.05, 0) is 54.4 Å². The van der Waals surface area contributed by atoms with E-state index in [0.29, 0.717) is 16.1 Å². The van der Waals surface area contributed by atoms with Gasteiger partial charge in [0.05, 0.1) is 5.69 Å². The molecule has 5 heteroatoms. The summed E-state index contributed by atoms with van der Waals surface area (Å²) < 4.78 is 0. The summed E-state index contributed by atoms with van der Waals surface area (Å²) in [6, 6.07) is 11.8. The van der Waals surface area contributed by atoms with Gasteiger partial charge in [0.2, 0.25) is 0 Å². The third-order valence-electron chi connectivity index (χ3n) is 3.83. The largest absolute Gasteiger partial charge is 0.310 e. The predicted molar refractivity (Wildman–Crippen MR) is 99.6 cm³/mol. The number of benzene rings is 2. The second kappa shape index (κ2) is 7.23. The Hall–Kier alpha value is -1.06. The standard InChI is InChI=1S/C18H17Cl3N2/c1-11(22-10-12-5-15(20)9-16(21)6-12)4-17-8-13-7-14(19)2-3-18(13)23-17/h2-3,5-7,9,11,22H,4,8,10H2,1H3/t11-/m1/s1. The lowest BCUT2D eigenvalue weighted by molar-refractivity contribution is 0.562. The molecular formula is C18H17Cl3N2. The van der Waals surface area contributed by atoms with E-state index in [1.54, 1.807) is 6.07 Å². The van der Waals surface area contributed by atoms with Crippen LogP contribution in [-0.4, -0.2) is 11.8 Å². The molecule has 0 fully saturated rings. The Balaban J connectivity index is 1.55. The molecule has 0 radical (unpaired) electrons. The van der Waals surface area contributed by atoms with Crippen LogP contribution in [0.15, 0.2) is 41.4 Å². The highest BCUT2D eigenvalue weighted by atomic mass is 35.5. The van der Waals surface area contributed by atoms with Gasteiger partial charge in [0.15, 0.2) is 0 Å². The van der Waals surface area contributed by atoms with E-state index in [1.165, 1.54) is 11.3 Å². The fourth-order valence-electron chi connectivity index (χ4n) is 2.78. The first-order valence-corrected chi connectivity index (χ1v) is 8.66. The van der Waals surface area contributed by atoms with Gasteiger partial charge < -0.3 is 5.32 Å². The molecule has 1 aliphatic heterocycles. The molecule has 0 unspecified atom stereocenters. The van der Waals surface area contributed by atoms with Crippen LogP contribution in [0.2, 0.25) is 15.1 Å². The minimum absolute atomic E-state index is 0.316. The molecular weight excluding hydrogens is 351 g/mol. The van der Waals surface area contributed by atoms with Crippen molar-refractivity contribution in [3.05, 3.63) is 62.6 Å². The van der Waals surface area contributed by atoms with Gasteiger partial charge >= 0.3 is 0 Å². The van der Waals surface area contributed by atoms with E-state index in [0.717, 1.165) is 35.7 Å². The summed E-state index contributed by atoms with van der Waals surface area (Å²) in [6.07, 6.45) is 1.78. The van der Waals surface area contributed by atoms with E-state index in [9.17, 15) is 0 Å². The lowest BCUT2D eigenvalue weighted by Crippen LogP contribution is -2.28. The first kappa shape index (κ1) is 16.8. The highest BCUT2D eigenvalue weighted by molar-refractivity contribution is 6.34. The zero-order valence-corrected chi connectivity index (χ0v) is 15.0. The Kier molecular flexibility index (Phi) is 5.27. The molecule has 1 N–H and O–H groups in total. The average Bonchev–Trinajstić information content (AvgIpc) is 2.85. The molecule has 1 atom stereocenters. The Labute approximate surface area is 151 Å². The van der Waals surface area contributed by atoms with Crippen LogP contribution in [0.4, 0.5) is 5.69 Å². The molecule has 1 aliphatic rings. The maximum atomic E-state index is 6.04. The van der Waals surface area contributed by atoms with Gasteiger partial charge in [0, 0.05) is 46.2 Å². The zero-order chi connectivity index (χ0) is 16.4. The third-order valence-corrected chi connectivity index (χ3v) is 4.50.